The van der Waals surface area contributed by atoms with E-state index in [9.17, 15) is 0 Å². The molecule has 0 unspecified atom stereocenters. The first-order chi connectivity index (χ1) is 9.79. The average molecular weight is 262 g/mol. The maximum atomic E-state index is 4.84. The van der Waals surface area contributed by atoms with Crippen LogP contribution >= 0.6 is 0 Å². The van der Waals surface area contributed by atoms with Crippen molar-refractivity contribution in [3.63, 3.8) is 0 Å². The van der Waals surface area contributed by atoms with Crippen LogP contribution in [0.5, 0.6) is 0 Å². The summed E-state index contributed by atoms with van der Waals surface area (Å²) in [6.07, 6.45) is 7.73. The summed E-state index contributed by atoms with van der Waals surface area (Å²) in [5, 5.41) is 0. The molecule has 0 spiro atoms. The molecule has 0 saturated carbocycles. The molecule has 0 radical (unpaired) electrons. The van der Waals surface area contributed by atoms with Crippen molar-refractivity contribution in [2.24, 2.45) is 0 Å². The molecular formula is C18H18N2. The van der Waals surface area contributed by atoms with Gasteiger partial charge in [0, 0.05) is 12.1 Å². The lowest BCUT2D eigenvalue weighted by molar-refractivity contribution is 0.896. The predicted octanol–water partition coefficient (Wildman–Crippen LogP) is 3.65. The molecule has 0 amide bonds. The molecule has 2 aromatic rings. The first-order valence-electron chi connectivity index (χ1n) is 7.43. The highest BCUT2D eigenvalue weighted by Crippen LogP contribution is 2.32. The maximum absolute atomic E-state index is 4.84. The monoisotopic (exact) mass is 262 g/mol. The Kier molecular flexibility index (Phi) is 2.69. The van der Waals surface area contributed by atoms with E-state index >= 15 is 0 Å². The van der Waals surface area contributed by atoms with Crippen molar-refractivity contribution in [1.82, 2.24) is 9.97 Å². The Morgan fingerprint density at radius 2 is 1.85 bits per heavy atom. The molecule has 2 aliphatic carbocycles. The summed E-state index contributed by atoms with van der Waals surface area (Å²) < 4.78 is 0. The van der Waals surface area contributed by atoms with Gasteiger partial charge in [-0.05, 0) is 49.3 Å². The molecule has 0 saturated heterocycles. The second-order valence-corrected chi connectivity index (χ2v) is 5.87. The molecule has 4 rings (SSSR count). The quantitative estimate of drug-likeness (QED) is 0.843. The number of hydrogen-bond acceptors (Lipinski definition) is 2. The topological polar surface area (TPSA) is 25.8 Å². The average Bonchev–Trinajstić information content (AvgIpc) is 3.19. The van der Waals surface area contributed by atoms with E-state index in [4.69, 9.17) is 9.97 Å². The maximum Gasteiger partial charge on any atom is 0.155 e. The minimum absolute atomic E-state index is 0.936. The molecule has 0 fully saturated rings. The van der Waals surface area contributed by atoms with Crippen molar-refractivity contribution in [3.8, 4) is 0 Å². The first kappa shape index (κ1) is 11.8. The number of allylic oxidation sites excluding steroid dienone is 2. The molecule has 20 heavy (non-hydrogen) atoms. The Morgan fingerprint density at radius 1 is 1.05 bits per heavy atom. The van der Waals surface area contributed by atoms with E-state index in [1.165, 1.54) is 40.1 Å². The number of hydrogen-bond donors (Lipinski definition) is 0. The largest absolute Gasteiger partial charge is 0.233 e. The molecule has 1 aromatic heterocycles. The Morgan fingerprint density at radius 3 is 2.60 bits per heavy atom. The van der Waals surface area contributed by atoms with Crippen molar-refractivity contribution in [1.29, 1.82) is 0 Å². The number of fused-ring (bicyclic) bond motifs is 1. The Balaban J connectivity index is 1.73. The van der Waals surface area contributed by atoms with E-state index in [1.54, 1.807) is 0 Å². The lowest BCUT2D eigenvalue weighted by Crippen LogP contribution is -2.05. The van der Waals surface area contributed by atoms with Gasteiger partial charge in [-0.1, -0.05) is 35.9 Å². The van der Waals surface area contributed by atoms with Gasteiger partial charge in [0.2, 0.25) is 0 Å². The number of nitrogens with zero attached hydrogens (tertiary/aromatic N) is 2. The minimum Gasteiger partial charge on any atom is -0.233 e. The number of rotatable bonds is 3. The molecule has 0 bridgehead atoms. The van der Waals surface area contributed by atoms with Crippen LogP contribution in [0.1, 0.15) is 46.7 Å². The minimum atomic E-state index is 0.936. The van der Waals surface area contributed by atoms with E-state index in [2.05, 4.69) is 37.3 Å². The summed E-state index contributed by atoms with van der Waals surface area (Å²) in [6.45, 7) is 2.13. The zero-order chi connectivity index (χ0) is 13.5. The van der Waals surface area contributed by atoms with Crippen LogP contribution in [0.15, 0.2) is 30.3 Å². The first-order valence-corrected chi connectivity index (χ1v) is 7.43. The van der Waals surface area contributed by atoms with Gasteiger partial charge in [0.15, 0.2) is 5.82 Å². The van der Waals surface area contributed by atoms with Crippen LogP contribution in [0.25, 0.3) is 5.57 Å². The van der Waals surface area contributed by atoms with Gasteiger partial charge in [-0.3, -0.25) is 0 Å². The second kappa shape index (κ2) is 4.55. The molecule has 0 atom stereocenters. The fourth-order valence-electron chi connectivity index (χ4n) is 2.93. The van der Waals surface area contributed by atoms with Gasteiger partial charge in [-0.25, -0.2) is 9.97 Å². The lowest BCUT2D eigenvalue weighted by Gasteiger charge is -2.09. The summed E-state index contributed by atoms with van der Waals surface area (Å²) in [5.74, 6) is 0.979. The van der Waals surface area contributed by atoms with Crippen molar-refractivity contribution < 1.29 is 0 Å². The van der Waals surface area contributed by atoms with Crippen molar-refractivity contribution >= 4 is 5.57 Å². The highest BCUT2D eigenvalue weighted by atomic mass is 14.9. The Labute approximate surface area is 119 Å². The van der Waals surface area contributed by atoms with Gasteiger partial charge in [0.05, 0.1) is 5.69 Å². The Hall–Kier alpha value is -1.96. The summed E-state index contributed by atoms with van der Waals surface area (Å²) in [7, 11) is 0. The fourth-order valence-corrected chi connectivity index (χ4v) is 2.93. The van der Waals surface area contributed by atoms with Crippen LogP contribution in [-0.2, 0) is 19.3 Å². The smallest absolute Gasteiger partial charge is 0.155 e. The standard InChI is InChI=1S/C18H18N2/c1-12-5-7-13(8-6-12)11-17-15-3-2-4-16(15)19-18(20-17)14-9-10-14/h5-9H,2-4,10-11H2,1H3. The second-order valence-electron chi connectivity index (χ2n) is 5.87. The number of aryl methyl sites for hydroxylation is 2. The van der Waals surface area contributed by atoms with Crippen LogP contribution in [0.4, 0.5) is 0 Å². The normalized spacial score (nSPS) is 15.9. The van der Waals surface area contributed by atoms with Gasteiger partial charge < -0.3 is 0 Å². The summed E-state index contributed by atoms with van der Waals surface area (Å²) in [4.78, 5) is 9.60. The van der Waals surface area contributed by atoms with Crippen molar-refractivity contribution in [2.75, 3.05) is 0 Å². The third-order valence-corrected chi connectivity index (χ3v) is 4.21. The summed E-state index contributed by atoms with van der Waals surface area (Å²) >= 11 is 0. The van der Waals surface area contributed by atoms with Crippen molar-refractivity contribution in [3.05, 3.63) is 64.2 Å². The molecule has 2 nitrogen and oxygen atoms in total. The fraction of sp³-hybridized carbons (Fsp3) is 0.333. The highest BCUT2D eigenvalue weighted by Gasteiger charge is 2.22. The zero-order valence-electron chi connectivity index (χ0n) is 11.8. The number of aromatic nitrogens is 2. The zero-order valence-corrected chi connectivity index (χ0v) is 11.8. The predicted molar refractivity (Wildman–Crippen MR) is 80.6 cm³/mol. The highest BCUT2D eigenvalue weighted by molar-refractivity contribution is 5.73. The SMILES string of the molecule is Cc1ccc(Cc2nc(C3=CC3)nc3c2CCC3)cc1. The van der Waals surface area contributed by atoms with Gasteiger partial charge in [0.25, 0.3) is 0 Å². The van der Waals surface area contributed by atoms with E-state index in [0.717, 1.165) is 31.5 Å². The van der Waals surface area contributed by atoms with Crippen LogP contribution in [0.2, 0.25) is 0 Å². The van der Waals surface area contributed by atoms with Gasteiger partial charge >= 0.3 is 0 Å². The van der Waals surface area contributed by atoms with Gasteiger partial charge in [0.1, 0.15) is 0 Å². The third kappa shape index (κ3) is 2.15. The van der Waals surface area contributed by atoms with E-state index < -0.39 is 0 Å². The molecule has 2 aliphatic rings. The molecule has 1 aromatic carbocycles. The molecule has 2 heteroatoms. The Bertz CT molecular complexity index is 696. The van der Waals surface area contributed by atoms with Crippen LogP contribution in [0, 0.1) is 6.92 Å². The summed E-state index contributed by atoms with van der Waals surface area (Å²) in [6, 6.07) is 8.80. The van der Waals surface area contributed by atoms with E-state index in [-0.39, 0.29) is 0 Å². The third-order valence-electron chi connectivity index (χ3n) is 4.21. The molecule has 100 valence electrons. The molecule has 0 N–H and O–H groups in total. The van der Waals surface area contributed by atoms with Crippen LogP contribution < -0.4 is 0 Å². The summed E-state index contributed by atoms with van der Waals surface area (Å²) in [5.41, 5.74) is 7.94. The van der Waals surface area contributed by atoms with Gasteiger partial charge in [-0.15, -0.1) is 0 Å². The molecule has 1 heterocycles. The molecule has 0 aliphatic heterocycles. The molecular weight excluding hydrogens is 244 g/mol. The van der Waals surface area contributed by atoms with Gasteiger partial charge in [-0.2, -0.15) is 0 Å². The van der Waals surface area contributed by atoms with E-state index in [0.29, 0.717) is 0 Å². The van der Waals surface area contributed by atoms with E-state index in [1.807, 2.05) is 0 Å². The lowest BCUT2D eigenvalue weighted by atomic mass is 10.0. The van der Waals surface area contributed by atoms with Crippen LogP contribution in [0.3, 0.4) is 0 Å². The number of benzene rings is 1. The van der Waals surface area contributed by atoms with Crippen LogP contribution in [-0.4, -0.2) is 9.97 Å². The van der Waals surface area contributed by atoms with Crippen molar-refractivity contribution in [2.45, 2.75) is 39.0 Å².